The van der Waals surface area contributed by atoms with Crippen molar-refractivity contribution in [3.63, 3.8) is 0 Å². The average molecular weight is 237 g/mol. The summed E-state index contributed by atoms with van der Waals surface area (Å²) in [6, 6.07) is 5.70. The van der Waals surface area contributed by atoms with E-state index in [-0.39, 0.29) is 18.0 Å². The van der Waals surface area contributed by atoms with Gasteiger partial charge in [-0.05, 0) is 25.1 Å². The minimum absolute atomic E-state index is 0.0504. The van der Waals surface area contributed by atoms with Gasteiger partial charge in [-0.2, -0.15) is 0 Å². The van der Waals surface area contributed by atoms with E-state index in [2.05, 4.69) is 5.32 Å². The lowest BCUT2D eigenvalue weighted by molar-refractivity contribution is -0.115. The largest absolute Gasteiger partial charge is 0.506 e. The molecule has 0 radical (unpaired) electrons. The van der Waals surface area contributed by atoms with Crippen LogP contribution in [0.25, 0.3) is 0 Å². The molecule has 6 heteroatoms. The first-order valence-electron chi connectivity index (χ1n) is 5.20. The summed E-state index contributed by atoms with van der Waals surface area (Å²) in [5.74, 6) is -0.0504. The van der Waals surface area contributed by atoms with Crippen molar-refractivity contribution in [3.05, 3.63) is 24.3 Å². The van der Waals surface area contributed by atoms with E-state index in [0.717, 1.165) is 4.90 Å². The van der Waals surface area contributed by atoms with Crippen molar-refractivity contribution >= 4 is 18.1 Å². The molecule has 0 aliphatic heterocycles. The van der Waals surface area contributed by atoms with Crippen LogP contribution in [0.2, 0.25) is 0 Å². The zero-order chi connectivity index (χ0) is 12.7. The van der Waals surface area contributed by atoms with Gasteiger partial charge in [-0.3, -0.25) is 9.69 Å². The molecule has 0 aliphatic carbocycles. The number of phenols is 1. The molecule has 0 bridgehead atoms. The van der Waals surface area contributed by atoms with Gasteiger partial charge in [0.2, 0.25) is 6.41 Å². The molecular weight excluding hydrogens is 222 g/mol. The van der Waals surface area contributed by atoms with E-state index >= 15 is 0 Å². The van der Waals surface area contributed by atoms with Crippen LogP contribution in [0.5, 0.6) is 5.75 Å². The zero-order valence-electron chi connectivity index (χ0n) is 9.30. The quantitative estimate of drug-likeness (QED) is 0.519. The number of aromatic hydroxyl groups is 1. The van der Waals surface area contributed by atoms with Crippen LogP contribution in [0.15, 0.2) is 24.3 Å². The van der Waals surface area contributed by atoms with Gasteiger partial charge in [0, 0.05) is 6.54 Å². The van der Waals surface area contributed by atoms with Crippen molar-refractivity contribution in [3.8, 4) is 5.75 Å². The Morgan fingerprint density at radius 3 is 2.76 bits per heavy atom. The molecule has 0 saturated carbocycles. The Morgan fingerprint density at radius 2 is 2.18 bits per heavy atom. The van der Waals surface area contributed by atoms with Crippen molar-refractivity contribution in [1.29, 1.82) is 0 Å². The van der Waals surface area contributed by atoms with Gasteiger partial charge in [0.05, 0.1) is 5.69 Å². The third kappa shape index (κ3) is 3.76. The van der Waals surface area contributed by atoms with Crippen LogP contribution >= 0.6 is 0 Å². The van der Waals surface area contributed by atoms with Crippen molar-refractivity contribution in [2.75, 3.05) is 18.4 Å². The molecule has 4 N–H and O–H groups in total. The molecule has 1 aromatic rings. The number of nitrogens with one attached hydrogen (secondary N) is 1. The van der Waals surface area contributed by atoms with Gasteiger partial charge in [-0.25, -0.2) is 4.79 Å². The maximum Gasteiger partial charge on any atom is 0.328 e. The lowest BCUT2D eigenvalue weighted by Gasteiger charge is -2.16. The Kier molecular flexibility index (Phi) is 4.96. The van der Waals surface area contributed by atoms with E-state index in [9.17, 15) is 14.7 Å². The molecule has 1 aromatic carbocycles. The van der Waals surface area contributed by atoms with Gasteiger partial charge in [0.1, 0.15) is 5.75 Å². The minimum atomic E-state index is -0.588. The number of hydrogen-bond donors (Lipinski definition) is 3. The van der Waals surface area contributed by atoms with Gasteiger partial charge in [-0.1, -0.05) is 12.1 Å². The lowest BCUT2D eigenvalue weighted by Crippen LogP contribution is -2.35. The molecular formula is C11H15N3O3. The minimum Gasteiger partial charge on any atom is -0.506 e. The summed E-state index contributed by atoms with van der Waals surface area (Å²) in [7, 11) is 0. The normalized spacial score (nSPS) is 9.71. The van der Waals surface area contributed by atoms with Crippen molar-refractivity contribution in [2.45, 2.75) is 6.42 Å². The van der Waals surface area contributed by atoms with Gasteiger partial charge in [0.15, 0.2) is 0 Å². The summed E-state index contributed by atoms with van der Waals surface area (Å²) in [4.78, 5) is 23.3. The van der Waals surface area contributed by atoms with Crippen LogP contribution in [0.1, 0.15) is 6.42 Å². The van der Waals surface area contributed by atoms with E-state index in [1.165, 1.54) is 6.07 Å². The second kappa shape index (κ2) is 6.49. The molecule has 0 atom stereocenters. The number of benzene rings is 1. The SMILES string of the molecule is NCCCN(C=O)C(=O)Nc1ccccc1O. The van der Waals surface area contributed by atoms with Gasteiger partial charge in [0.25, 0.3) is 0 Å². The molecule has 0 aromatic heterocycles. The number of nitrogens with zero attached hydrogens (tertiary/aromatic N) is 1. The molecule has 1 rings (SSSR count). The van der Waals surface area contributed by atoms with Gasteiger partial charge < -0.3 is 16.2 Å². The van der Waals surface area contributed by atoms with Crippen LogP contribution < -0.4 is 11.1 Å². The second-order valence-electron chi connectivity index (χ2n) is 3.39. The maximum atomic E-state index is 11.6. The Bertz CT molecular complexity index is 395. The highest BCUT2D eigenvalue weighted by Gasteiger charge is 2.13. The molecule has 17 heavy (non-hydrogen) atoms. The summed E-state index contributed by atoms with van der Waals surface area (Å²) in [5, 5.41) is 11.9. The highest BCUT2D eigenvalue weighted by molar-refractivity contribution is 5.96. The number of urea groups is 1. The van der Waals surface area contributed by atoms with Gasteiger partial charge in [-0.15, -0.1) is 0 Å². The van der Waals surface area contributed by atoms with E-state index in [1.807, 2.05) is 0 Å². The van der Waals surface area contributed by atoms with Crippen LogP contribution in [0.3, 0.4) is 0 Å². The number of hydrogen-bond acceptors (Lipinski definition) is 4. The summed E-state index contributed by atoms with van der Waals surface area (Å²) < 4.78 is 0. The fraction of sp³-hybridized carbons (Fsp3) is 0.273. The summed E-state index contributed by atoms with van der Waals surface area (Å²) >= 11 is 0. The van der Waals surface area contributed by atoms with E-state index in [0.29, 0.717) is 19.4 Å². The van der Waals surface area contributed by atoms with Crippen LogP contribution in [0.4, 0.5) is 10.5 Å². The Labute approximate surface area is 99.0 Å². The predicted molar refractivity (Wildman–Crippen MR) is 63.6 cm³/mol. The third-order valence-corrected chi connectivity index (χ3v) is 2.14. The van der Waals surface area contributed by atoms with E-state index < -0.39 is 6.03 Å². The fourth-order valence-electron chi connectivity index (χ4n) is 1.23. The molecule has 0 spiro atoms. The molecule has 0 unspecified atom stereocenters. The number of imide groups is 1. The highest BCUT2D eigenvalue weighted by Crippen LogP contribution is 2.21. The number of phenolic OH excluding ortho intramolecular Hbond substituents is 1. The molecule has 6 nitrogen and oxygen atoms in total. The standard InChI is InChI=1S/C11H15N3O3/c12-6-3-7-14(8-15)11(17)13-9-4-1-2-5-10(9)16/h1-2,4-5,8,16H,3,6-7,12H2,(H,13,17). The molecule has 92 valence electrons. The number of para-hydroxylation sites is 2. The number of rotatable bonds is 5. The maximum absolute atomic E-state index is 11.6. The monoisotopic (exact) mass is 237 g/mol. The first-order chi connectivity index (χ1) is 8.19. The molecule has 0 aliphatic rings. The third-order valence-electron chi connectivity index (χ3n) is 2.14. The Balaban J connectivity index is 2.64. The van der Waals surface area contributed by atoms with E-state index in [1.54, 1.807) is 18.2 Å². The number of carbonyl (C=O) groups is 2. The second-order valence-corrected chi connectivity index (χ2v) is 3.39. The highest BCUT2D eigenvalue weighted by atomic mass is 16.3. The molecule has 3 amide bonds. The van der Waals surface area contributed by atoms with Crippen LogP contribution in [-0.2, 0) is 4.79 Å². The number of anilines is 1. The Morgan fingerprint density at radius 1 is 1.47 bits per heavy atom. The Hall–Kier alpha value is -2.08. The first kappa shape index (κ1) is 13.0. The molecule has 0 fully saturated rings. The van der Waals surface area contributed by atoms with Crippen LogP contribution in [-0.4, -0.2) is 35.5 Å². The lowest BCUT2D eigenvalue weighted by atomic mass is 10.3. The zero-order valence-corrected chi connectivity index (χ0v) is 9.30. The van der Waals surface area contributed by atoms with Gasteiger partial charge >= 0.3 is 6.03 Å². The number of amides is 3. The first-order valence-corrected chi connectivity index (χ1v) is 5.20. The molecule has 0 heterocycles. The van der Waals surface area contributed by atoms with E-state index in [4.69, 9.17) is 5.73 Å². The fourth-order valence-corrected chi connectivity index (χ4v) is 1.23. The average Bonchev–Trinajstić information content (AvgIpc) is 2.33. The van der Waals surface area contributed by atoms with Crippen molar-refractivity contribution in [2.24, 2.45) is 5.73 Å². The number of nitrogens with two attached hydrogens (primary N) is 1. The van der Waals surface area contributed by atoms with Crippen molar-refractivity contribution in [1.82, 2.24) is 4.90 Å². The number of carbonyl (C=O) groups excluding carboxylic acids is 2. The predicted octanol–water partition coefficient (Wildman–Crippen LogP) is 0.731. The topological polar surface area (TPSA) is 95.7 Å². The summed E-state index contributed by atoms with van der Waals surface area (Å²) in [5.41, 5.74) is 5.56. The van der Waals surface area contributed by atoms with Crippen LogP contribution in [0, 0.1) is 0 Å². The summed E-state index contributed by atoms with van der Waals surface area (Å²) in [6.07, 6.45) is 0.970. The van der Waals surface area contributed by atoms with Crippen molar-refractivity contribution < 1.29 is 14.7 Å². The smallest absolute Gasteiger partial charge is 0.328 e. The molecule has 0 saturated heterocycles. The summed E-state index contributed by atoms with van der Waals surface area (Å²) in [6.45, 7) is 0.646.